The number of hydrogen-bond donors (Lipinski definition) is 1. The van der Waals surface area contributed by atoms with Gasteiger partial charge in [0.05, 0.1) is 0 Å². The SMILES string of the molecule is Cc1cc(O)c(C(C)(C)C)cc1SCl. The molecule has 1 aromatic carbocycles. The Labute approximate surface area is 94.0 Å². The number of phenolic OH excluding ortho intramolecular Hbond substituents is 1. The monoisotopic (exact) mass is 230 g/mol. The minimum absolute atomic E-state index is 0.0564. The van der Waals surface area contributed by atoms with E-state index in [9.17, 15) is 5.11 Å². The second-order valence-corrected chi connectivity index (χ2v) is 5.52. The molecule has 0 aliphatic rings. The maximum Gasteiger partial charge on any atom is 0.119 e. The third-order valence-electron chi connectivity index (χ3n) is 2.18. The van der Waals surface area contributed by atoms with Crippen LogP contribution in [0.3, 0.4) is 0 Å². The molecule has 0 amide bonds. The van der Waals surface area contributed by atoms with Crippen LogP contribution >= 0.6 is 21.7 Å². The molecule has 0 bridgehead atoms. The van der Waals surface area contributed by atoms with Crippen molar-refractivity contribution >= 4 is 21.7 Å². The van der Waals surface area contributed by atoms with Gasteiger partial charge in [0.1, 0.15) is 5.75 Å². The van der Waals surface area contributed by atoms with Crippen LogP contribution in [0.2, 0.25) is 0 Å². The molecule has 0 aliphatic heterocycles. The number of aryl methyl sites for hydroxylation is 1. The maximum absolute atomic E-state index is 9.79. The van der Waals surface area contributed by atoms with Crippen LogP contribution in [-0.4, -0.2) is 5.11 Å². The molecule has 0 aromatic heterocycles. The van der Waals surface area contributed by atoms with Gasteiger partial charge in [-0.3, -0.25) is 0 Å². The zero-order valence-corrected chi connectivity index (χ0v) is 10.5. The number of aromatic hydroxyl groups is 1. The summed E-state index contributed by atoms with van der Waals surface area (Å²) in [5.41, 5.74) is 1.89. The maximum atomic E-state index is 9.79. The average molecular weight is 231 g/mol. The third kappa shape index (κ3) is 2.37. The van der Waals surface area contributed by atoms with Gasteiger partial charge in [0, 0.05) is 10.5 Å². The first-order chi connectivity index (χ1) is 6.36. The van der Waals surface area contributed by atoms with Crippen LogP contribution in [-0.2, 0) is 5.41 Å². The first kappa shape index (κ1) is 11.7. The standard InChI is InChI=1S/C11H15ClOS/c1-7-5-9(13)8(11(2,3)4)6-10(7)14-12/h5-6,13H,1-4H3. The Bertz CT molecular complexity index is 342. The zero-order chi connectivity index (χ0) is 10.9. The fourth-order valence-corrected chi connectivity index (χ4v) is 2.20. The summed E-state index contributed by atoms with van der Waals surface area (Å²) in [7, 11) is 6.94. The third-order valence-corrected chi connectivity index (χ3v) is 3.29. The zero-order valence-electron chi connectivity index (χ0n) is 8.89. The van der Waals surface area contributed by atoms with E-state index in [-0.39, 0.29) is 5.41 Å². The molecule has 0 unspecified atom stereocenters. The fourth-order valence-electron chi connectivity index (χ4n) is 1.36. The predicted molar refractivity (Wildman–Crippen MR) is 63.3 cm³/mol. The van der Waals surface area contributed by atoms with Crippen molar-refractivity contribution < 1.29 is 5.11 Å². The van der Waals surface area contributed by atoms with Crippen LogP contribution in [0.25, 0.3) is 0 Å². The van der Waals surface area contributed by atoms with E-state index < -0.39 is 0 Å². The fraction of sp³-hybridized carbons (Fsp3) is 0.455. The van der Waals surface area contributed by atoms with E-state index in [0.717, 1.165) is 16.0 Å². The van der Waals surface area contributed by atoms with Gasteiger partial charge in [-0.05, 0) is 51.7 Å². The summed E-state index contributed by atoms with van der Waals surface area (Å²) >= 11 is 0. The highest BCUT2D eigenvalue weighted by atomic mass is 35.7. The molecule has 0 radical (unpaired) electrons. The van der Waals surface area contributed by atoms with Crippen LogP contribution in [0, 0.1) is 6.92 Å². The van der Waals surface area contributed by atoms with Crippen molar-refractivity contribution in [1.29, 1.82) is 0 Å². The summed E-state index contributed by atoms with van der Waals surface area (Å²) in [5.74, 6) is 0.351. The van der Waals surface area contributed by atoms with Crippen LogP contribution in [0.1, 0.15) is 31.9 Å². The molecule has 1 nitrogen and oxygen atoms in total. The summed E-state index contributed by atoms with van der Waals surface area (Å²) in [6, 6.07) is 3.73. The normalized spacial score (nSPS) is 11.8. The average Bonchev–Trinajstić information content (AvgIpc) is 2.02. The lowest BCUT2D eigenvalue weighted by molar-refractivity contribution is 0.445. The van der Waals surface area contributed by atoms with Gasteiger partial charge < -0.3 is 5.11 Å². The molecule has 3 heteroatoms. The van der Waals surface area contributed by atoms with Crippen molar-refractivity contribution in [2.45, 2.75) is 38.0 Å². The molecule has 0 fully saturated rings. The molecular weight excluding hydrogens is 216 g/mol. The Morgan fingerprint density at radius 2 is 1.86 bits per heavy atom. The van der Waals surface area contributed by atoms with Crippen molar-refractivity contribution in [3.05, 3.63) is 23.3 Å². The van der Waals surface area contributed by atoms with Crippen LogP contribution in [0.15, 0.2) is 17.0 Å². The lowest BCUT2D eigenvalue weighted by Gasteiger charge is -2.21. The second kappa shape index (κ2) is 4.03. The van der Waals surface area contributed by atoms with Gasteiger partial charge in [0.25, 0.3) is 0 Å². The summed E-state index contributed by atoms with van der Waals surface area (Å²) in [4.78, 5) is 1.01. The molecule has 14 heavy (non-hydrogen) atoms. The minimum Gasteiger partial charge on any atom is -0.508 e. The highest BCUT2D eigenvalue weighted by Gasteiger charge is 2.19. The quantitative estimate of drug-likeness (QED) is 0.779. The van der Waals surface area contributed by atoms with Gasteiger partial charge in [-0.2, -0.15) is 0 Å². The van der Waals surface area contributed by atoms with Gasteiger partial charge in [-0.1, -0.05) is 20.8 Å². The van der Waals surface area contributed by atoms with E-state index in [1.807, 2.05) is 13.0 Å². The molecule has 0 saturated heterocycles. The molecule has 0 saturated carbocycles. The van der Waals surface area contributed by atoms with E-state index in [1.165, 1.54) is 11.0 Å². The van der Waals surface area contributed by atoms with Gasteiger partial charge in [-0.15, -0.1) is 0 Å². The van der Waals surface area contributed by atoms with E-state index >= 15 is 0 Å². The smallest absolute Gasteiger partial charge is 0.119 e. The number of rotatable bonds is 1. The molecule has 1 N–H and O–H groups in total. The minimum atomic E-state index is -0.0564. The number of phenols is 1. The lowest BCUT2D eigenvalue weighted by atomic mass is 9.86. The summed E-state index contributed by atoms with van der Waals surface area (Å²) in [6.07, 6.45) is 0. The van der Waals surface area contributed by atoms with Crippen molar-refractivity contribution in [2.75, 3.05) is 0 Å². The Morgan fingerprint density at radius 3 is 2.29 bits per heavy atom. The van der Waals surface area contributed by atoms with Crippen LogP contribution < -0.4 is 0 Å². The van der Waals surface area contributed by atoms with Crippen molar-refractivity contribution in [1.82, 2.24) is 0 Å². The molecule has 0 spiro atoms. The Hall–Kier alpha value is -0.340. The van der Waals surface area contributed by atoms with Crippen molar-refractivity contribution in [3.63, 3.8) is 0 Å². The topological polar surface area (TPSA) is 20.2 Å². The Morgan fingerprint density at radius 1 is 1.29 bits per heavy atom. The van der Waals surface area contributed by atoms with E-state index in [4.69, 9.17) is 10.7 Å². The highest BCUT2D eigenvalue weighted by Crippen LogP contribution is 2.37. The van der Waals surface area contributed by atoms with Gasteiger partial charge in [-0.25, -0.2) is 0 Å². The first-order valence-corrected chi connectivity index (χ1v) is 6.13. The van der Waals surface area contributed by atoms with E-state index in [1.54, 1.807) is 6.07 Å². The molecule has 0 heterocycles. The molecule has 0 atom stereocenters. The Balaban J connectivity index is 3.32. The highest BCUT2D eigenvalue weighted by molar-refractivity contribution is 8.21. The number of hydrogen-bond acceptors (Lipinski definition) is 2. The predicted octanol–water partition coefficient (Wildman–Crippen LogP) is 4.24. The molecule has 1 rings (SSSR count). The van der Waals surface area contributed by atoms with E-state index in [2.05, 4.69) is 20.8 Å². The summed E-state index contributed by atoms with van der Waals surface area (Å²) in [6.45, 7) is 8.15. The van der Waals surface area contributed by atoms with Crippen LogP contribution in [0.5, 0.6) is 5.75 Å². The largest absolute Gasteiger partial charge is 0.508 e. The number of halogens is 1. The first-order valence-electron chi connectivity index (χ1n) is 4.49. The summed E-state index contributed by atoms with van der Waals surface area (Å²) in [5, 5.41) is 9.79. The van der Waals surface area contributed by atoms with Gasteiger partial charge in [0.15, 0.2) is 0 Å². The van der Waals surface area contributed by atoms with Crippen molar-refractivity contribution in [3.8, 4) is 5.75 Å². The molecule has 78 valence electrons. The van der Waals surface area contributed by atoms with Gasteiger partial charge >= 0.3 is 0 Å². The van der Waals surface area contributed by atoms with Gasteiger partial charge in [0.2, 0.25) is 0 Å². The summed E-state index contributed by atoms with van der Waals surface area (Å²) < 4.78 is 0. The molecule has 0 aliphatic carbocycles. The lowest BCUT2D eigenvalue weighted by Crippen LogP contribution is -2.11. The number of benzene rings is 1. The molecular formula is C11H15ClOS. The van der Waals surface area contributed by atoms with Crippen molar-refractivity contribution in [2.24, 2.45) is 0 Å². The second-order valence-electron chi connectivity index (χ2n) is 4.46. The van der Waals surface area contributed by atoms with E-state index in [0.29, 0.717) is 5.75 Å². The molecule has 1 aromatic rings. The Kier molecular flexibility index (Phi) is 3.38. The van der Waals surface area contributed by atoms with Crippen LogP contribution in [0.4, 0.5) is 0 Å².